The van der Waals surface area contributed by atoms with Crippen molar-refractivity contribution < 1.29 is 4.79 Å². The van der Waals surface area contributed by atoms with Gasteiger partial charge in [0.05, 0.1) is 6.54 Å². The molecule has 0 amide bonds. The van der Waals surface area contributed by atoms with E-state index in [1.54, 1.807) is 0 Å². The van der Waals surface area contributed by atoms with Crippen LogP contribution in [0.15, 0.2) is 35.8 Å². The summed E-state index contributed by atoms with van der Waals surface area (Å²) in [6.45, 7) is 6.17. The summed E-state index contributed by atoms with van der Waals surface area (Å²) in [6.07, 6.45) is 1.50. The summed E-state index contributed by atoms with van der Waals surface area (Å²) in [5.41, 5.74) is 3.04. The van der Waals surface area contributed by atoms with Gasteiger partial charge in [0, 0.05) is 0 Å². The molecule has 0 aliphatic heterocycles. The van der Waals surface area contributed by atoms with Gasteiger partial charge in [-0.25, -0.2) is 9.79 Å². The number of aliphatic imine (C=N–C) groups is 1. The highest BCUT2D eigenvalue weighted by Crippen LogP contribution is 2.13. The van der Waals surface area contributed by atoms with E-state index in [1.807, 2.05) is 31.2 Å². The van der Waals surface area contributed by atoms with E-state index in [9.17, 15) is 4.79 Å². The molecule has 0 unspecified atom stereocenters. The van der Waals surface area contributed by atoms with Gasteiger partial charge in [0.15, 0.2) is 0 Å². The van der Waals surface area contributed by atoms with Crippen LogP contribution in [0.4, 0.5) is 0 Å². The summed E-state index contributed by atoms with van der Waals surface area (Å²) in [5, 5.41) is 0. The molecule has 0 aromatic heterocycles. The number of rotatable bonds is 3. The van der Waals surface area contributed by atoms with E-state index < -0.39 is 0 Å². The molecule has 0 N–H and O–H groups in total. The first-order valence-electron chi connectivity index (χ1n) is 4.02. The molecule has 0 spiro atoms. The fraction of sp³-hybridized carbons (Fsp3) is 0.182. The predicted octanol–water partition coefficient (Wildman–Crippen LogP) is 2.34. The molecule has 0 aliphatic carbocycles. The Morgan fingerprint density at radius 3 is 3.00 bits per heavy atom. The Bertz CT molecular complexity index is 362. The average Bonchev–Trinajstić information content (AvgIpc) is 2.14. The standard InChI is InChI=1S/C11H11NO/c1-9-4-3-5-11(6-9)10(2)7-12-8-13/h3-6H,2,7H2,1H3. The summed E-state index contributed by atoms with van der Waals surface area (Å²) in [5.74, 6) is 0. The molecule has 0 bridgehead atoms. The third-order valence-corrected chi connectivity index (χ3v) is 1.76. The lowest BCUT2D eigenvalue weighted by atomic mass is 10.1. The Labute approximate surface area is 77.6 Å². The number of carbonyl (C=O) groups excluding carboxylic acids is 1. The van der Waals surface area contributed by atoms with Gasteiger partial charge in [-0.1, -0.05) is 36.4 Å². The van der Waals surface area contributed by atoms with Crippen molar-refractivity contribution in [2.24, 2.45) is 4.99 Å². The van der Waals surface area contributed by atoms with Gasteiger partial charge in [-0.05, 0) is 18.1 Å². The molecular formula is C11H11NO. The molecule has 0 saturated heterocycles. The average molecular weight is 173 g/mol. The van der Waals surface area contributed by atoms with Crippen LogP contribution in [-0.4, -0.2) is 12.6 Å². The minimum absolute atomic E-state index is 0.326. The minimum Gasteiger partial charge on any atom is -0.211 e. The second kappa shape index (κ2) is 4.39. The SMILES string of the molecule is C=C(CN=C=O)c1cccc(C)c1. The van der Waals surface area contributed by atoms with Crippen LogP contribution in [0.2, 0.25) is 0 Å². The van der Waals surface area contributed by atoms with Crippen LogP contribution in [0.3, 0.4) is 0 Å². The summed E-state index contributed by atoms with van der Waals surface area (Å²) in [7, 11) is 0. The molecule has 1 aromatic rings. The third kappa shape index (κ3) is 2.69. The van der Waals surface area contributed by atoms with Crippen LogP contribution in [-0.2, 0) is 4.79 Å². The molecule has 0 atom stereocenters. The van der Waals surface area contributed by atoms with Gasteiger partial charge >= 0.3 is 0 Å². The van der Waals surface area contributed by atoms with E-state index in [0.29, 0.717) is 6.54 Å². The van der Waals surface area contributed by atoms with Crippen molar-refractivity contribution in [3.8, 4) is 0 Å². The molecule has 66 valence electrons. The van der Waals surface area contributed by atoms with E-state index in [4.69, 9.17) is 0 Å². The summed E-state index contributed by atoms with van der Waals surface area (Å²) in [4.78, 5) is 13.3. The zero-order valence-electron chi connectivity index (χ0n) is 7.58. The van der Waals surface area contributed by atoms with Gasteiger partial charge in [-0.15, -0.1) is 0 Å². The van der Waals surface area contributed by atoms with Gasteiger partial charge in [0.25, 0.3) is 0 Å². The number of hydrogen-bond donors (Lipinski definition) is 0. The largest absolute Gasteiger partial charge is 0.235 e. The van der Waals surface area contributed by atoms with Crippen LogP contribution in [0.1, 0.15) is 11.1 Å². The van der Waals surface area contributed by atoms with E-state index >= 15 is 0 Å². The molecule has 0 aliphatic rings. The Kier molecular flexibility index (Phi) is 3.18. The predicted molar refractivity (Wildman–Crippen MR) is 53.2 cm³/mol. The van der Waals surface area contributed by atoms with Crippen molar-refractivity contribution in [2.45, 2.75) is 6.92 Å². The number of aryl methyl sites for hydroxylation is 1. The maximum Gasteiger partial charge on any atom is 0.235 e. The highest BCUT2D eigenvalue weighted by molar-refractivity contribution is 5.66. The van der Waals surface area contributed by atoms with Gasteiger partial charge < -0.3 is 0 Å². The molecule has 1 aromatic carbocycles. The summed E-state index contributed by atoms with van der Waals surface area (Å²) < 4.78 is 0. The second-order valence-electron chi connectivity index (χ2n) is 2.88. The number of hydrogen-bond acceptors (Lipinski definition) is 2. The van der Waals surface area contributed by atoms with E-state index in [2.05, 4.69) is 11.6 Å². The zero-order valence-corrected chi connectivity index (χ0v) is 7.58. The second-order valence-corrected chi connectivity index (χ2v) is 2.88. The lowest BCUT2D eigenvalue weighted by Crippen LogP contribution is -1.87. The smallest absolute Gasteiger partial charge is 0.211 e. The van der Waals surface area contributed by atoms with E-state index in [-0.39, 0.29) is 0 Å². The summed E-state index contributed by atoms with van der Waals surface area (Å²) in [6, 6.07) is 7.94. The lowest BCUT2D eigenvalue weighted by Gasteiger charge is -2.02. The Morgan fingerprint density at radius 2 is 2.38 bits per heavy atom. The number of benzene rings is 1. The molecule has 13 heavy (non-hydrogen) atoms. The van der Waals surface area contributed by atoms with Crippen molar-refractivity contribution in [1.82, 2.24) is 0 Å². The zero-order chi connectivity index (χ0) is 9.68. The molecule has 0 radical (unpaired) electrons. The lowest BCUT2D eigenvalue weighted by molar-refractivity contribution is 0.564. The highest BCUT2D eigenvalue weighted by atomic mass is 16.1. The van der Waals surface area contributed by atoms with Gasteiger partial charge in [-0.2, -0.15) is 0 Å². The van der Waals surface area contributed by atoms with Crippen LogP contribution in [0, 0.1) is 6.92 Å². The first kappa shape index (κ1) is 9.43. The first-order valence-corrected chi connectivity index (χ1v) is 4.02. The Hall–Kier alpha value is -1.66. The van der Waals surface area contributed by atoms with Gasteiger partial charge in [0.1, 0.15) is 0 Å². The fourth-order valence-electron chi connectivity index (χ4n) is 1.08. The molecule has 2 heteroatoms. The minimum atomic E-state index is 0.326. The van der Waals surface area contributed by atoms with Crippen LogP contribution >= 0.6 is 0 Å². The fourth-order valence-corrected chi connectivity index (χ4v) is 1.08. The molecule has 0 heterocycles. The van der Waals surface area contributed by atoms with E-state index in [0.717, 1.165) is 11.1 Å². The highest BCUT2D eigenvalue weighted by Gasteiger charge is 1.96. The molecule has 1 rings (SSSR count). The van der Waals surface area contributed by atoms with Crippen molar-refractivity contribution in [1.29, 1.82) is 0 Å². The summed E-state index contributed by atoms with van der Waals surface area (Å²) >= 11 is 0. The quantitative estimate of drug-likeness (QED) is 0.509. The van der Waals surface area contributed by atoms with Crippen LogP contribution in [0.5, 0.6) is 0 Å². The number of isocyanates is 1. The van der Waals surface area contributed by atoms with Crippen molar-refractivity contribution in [2.75, 3.05) is 6.54 Å². The molecular weight excluding hydrogens is 162 g/mol. The normalized spacial score (nSPS) is 9.00. The topological polar surface area (TPSA) is 29.4 Å². The van der Waals surface area contributed by atoms with Crippen molar-refractivity contribution >= 4 is 11.7 Å². The number of nitrogens with zero attached hydrogens (tertiary/aromatic N) is 1. The molecule has 0 saturated carbocycles. The van der Waals surface area contributed by atoms with Gasteiger partial charge in [0.2, 0.25) is 6.08 Å². The van der Waals surface area contributed by atoms with Crippen LogP contribution < -0.4 is 0 Å². The van der Waals surface area contributed by atoms with Gasteiger partial charge in [-0.3, -0.25) is 0 Å². The maximum atomic E-state index is 9.87. The van der Waals surface area contributed by atoms with Crippen molar-refractivity contribution in [3.63, 3.8) is 0 Å². The van der Waals surface area contributed by atoms with Crippen molar-refractivity contribution in [3.05, 3.63) is 42.0 Å². The van der Waals surface area contributed by atoms with Crippen LogP contribution in [0.25, 0.3) is 5.57 Å². The third-order valence-electron chi connectivity index (χ3n) is 1.76. The Morgan fingerprint density at radius 1 is 1.62 bits per heavy atom. The first-order chi connectivity index (χ1) is 6.24. The Balaban J connectivity index is 2.82. The molecule has 0 fully saturated rings. The molecule has 2 nitrogen and oxygen atoms in total. The van der Waals surface area contributed by atoms with E-state index in [1.165, 1.54) is 11.6 Å². The monoisotopic (exact) mass is 173 g/mol. The maximum absolute atomic E-state index is 9.87.